The van der Waals surface area contributed by atoms with Gasteiger partial charge in [-0.3, -0.25) is 5.43 Å². The molecule has 0 aromatic rings. The van der Waals surface area contributed by atoms with Gasteiger partial charge in [-0.25, -0.2) is 0 Å². The van der Waals surface area contributed by atoms with Crippen molar-refractivity contribution in [2.45, 2.75) is 6.92 Å². The van der Waals surface area contributed by atoms with Crippen LogP contribution in [0.2, 0.25) is 0 Å². The predicted molar refractivity (Wildman–Crippen MR) is 22.8 cm³/mol. The highest BCUT2D eigenvalue weighted by atomic mass is 19.3. The molecule has 0 saturated heterocycles. The number of nitrogens with zero attached hydrogens (tertiary/aromatic N) is 2. The molecule has 1 heterocycles. The molecular weight excluding hydrogens is 135 g/mol. The van der Waals surface area contributed by atoms with Gasteiger partial charge in [-0.05, 0) is 6.92 Å². The molecule has 0 aromatic carbocycles. The van der Waals surface area contributed by atoms with Crippen molar-refractivity contribution in [3.8, 4) is 0 Å². The van der Waals surface area contributed by atoms with Gasteiger partial charge >= 0.3 is 0 Å². The summed E-state index contributed by atoms with van der Waals surface area (Å²) in [5, 5.41) is -1.36. The van der Waals surface area contributed by atoms with E-state index < -0.39 is 16.5 Å². The zero-order valence-corrected chi connectivity index (χ0v) is 4.53. The summed E-state index contributed by atoms with van der Waals surface area (Å²) in [7, 11) is 0. The molecule has 0 bridgehead atoms. The summed E-state index contributed by atoms with van der Waals surface area (Å²) < 4.78 is 35.7. The van der Waals surface area contributed by atoms with E-state index in [9.17, 15) is 13.4 Å². The minimum Gasteiger partial charge on any atom is -0.271 e. The Morgan fingerprint density at radius 2 is 2.00 bits per heavy atom. The molecule has 1 aliphatic heterocycles. The van der Waals surface area contributed by atoms with Crippen LogP contribution in [0.3, 0.4) is 0 Å². The molecule has 0 aromatic heterocycles. The Bertz CT molecular complexity index is 156. The van der Waals surface area contributed by atoms with Gasteiger partial charge in [0, 0.05) is 0 Å². The molecule has 1 N–H and O–H groups in total. The monoisotopic (exact) mass is 139 g/mol. The number of rotatable bonds is 0. The van der Waals surface area contributed by atoms with Gasteiger partial charge in [0.05, 0.1) is 11.0 Å². The van der Waals surface area contributed by atoms with Crippen molar-refractivity contribution in [3.05, 3.63) is 11.6 Å². The van der Waals surface area contributed by atoms with E-state index in [4.69, 9.17) is 0 Å². The van der Waals surface area contributed by atoms with Crippen molar-refractivity contribution < 1.29 is 13.4 Å². The summed E-state index contributed by atoms with van der Waals surface area (Å²) in [6.45, 7) is 1.21. The summed E-state index contributed by atoms with van der Waals surface area (Å²) in [4.78, 5) is 0. The van der Waals surface area contributed by atoms with E-state index in [1.165, 1.54) is 6.92 Å². The van der Waals surface area contributed by atoms with E-state index in [1.807, 2.05) is 0 Å². The second-order valence-corrected chi connectivity index (χ2v) is 1.55. The lowest BCUT2D eigenvalue weighted by atomic mass is 10.6. The van der Waals surface area contributed by atoms with Crippen LogP contribution in [0.4, 0.5) is 13.4 Å². The van der Waals surface area contributed by atoms with Crippen LogP contribution in [0, 0.1) is 0 Å². The minimum absolute atomic E-state index is 0.194. The zero-order chi connectivity index (χ0) is 7.02. The average molecular weight is 139 g/mol. The fourth-order valence-electron chi connectivity index (χ4n) is 0.444. The quantitative estimate of drug-likeness (QED) is 0.398. The third-order valence-corrected chi connectivity index (χ3v) is 0.886. The molecule has 0 unspecified atom stereocenters. The maximum absolute atomic E-state index is 12.0. The standard InChI is InChI=1S/C3H4F3N3/c1-2-3(4)8(5)9(6)7-2/h7H,1H3. The van der Waals surface area contributed by atoms with Crippen molar-refractivity contribution >= 4 is 0 Å². The van der Waals surface area contributed by atoms with Crippen LogP contribution < -0.4 is 5.43 Å². The zero-order valence-electron chi connectivity index (χ0n) is 4.53. The first-order valence-corrected chi connectivity index (χ1v) is 2.17. The van der Waals surface area contributed by atoms with E-state index in [0.29, 0.717) is 0 Å². The lowest BCUT2D eigenvalue weighted by Gasteiger charge is -2.07. The molecule has 6 heteroatoms. The SMILES string of the molecule is CC1=C(F)N(F)N(F)N1. The van der Waals surface area contributed by atoms with Crippen molar-refractivity contribution in [3.63, 3.8) is 0 Å². The number of halogens is 3. The summed E-state index contributed by atoms with van der Waals surface area (Å²) in [6.07, 6.45) is 0. The summed E-state index contributed by atoms with van der Waals surface area (Å²) in [5.41, 5.74) is 1.54. The molecular formula is C3H4F3N3. The van der Waals surface area contributed by atoms with Crippen LogP contribution in [0.15, 0.2) is 11.6 Å². The van der Waals surface area contributed by atoms with Crippen LogP contribution in [-0.2, 0) is 0 Å². The van der Waals surface area contributed by atoms with Crippen LogP contribution >= 0.6 is 0 Å². The van der Waals surface area contributed by atoms with Crippen LogP contribution in [0.1, 0.15) is 6.92 Å². The molecule has 0 saturated carbocycles. The molecule has 1 aliphatic rings. The van der Waals surface area contributed by atoms with E-state index in [-0.39, 0.29) is 5.70 Å². The second kappa shape index (κ2) is 1.80. The van der Waals surface area contributed by atoms with E-state index in [1.54, 1.807) is 5.43 Å². The van der Waals surface area contributed by atoms with Crippen LogP contribution in [-0.4, -0.2) is 10.6 Å². The molecule has 9 heavy (non-hydrogen) atoms. The molecule has 0 spiro atoms. The highest BCUT2D eigenvalue weighted by Crippen LogP contribution is 2.19. The Morgan fingerprint density at radius 1 is 1.44 bits per heavy atom. The van der Waals surface area contributed by atoms with Crippen molar-refractivity contribution in [2.24, 2.45) is 0 Å². The average Bonchev–Trinajstić information content (AvgIpc) is 1.98. The van der Waals surface area contributed by atoms with E-state index in [0.717, 1.165) is 0 Å². The van der Waals surface area contributed by atoms with Gasteiger partial charge in [0.25, 0.3) is 5.95 Å². The lowest BCUT2D eigenvalue weighted by molar-refractivity contribution is -0.265. The minimum atomic E-state index is -1.27. The molecule has 0 aliphatic carbocycles. The van der Waals surface area contributed by atoms with Crippen molar-refractivity contribution in [1.82, 2.24) is 16.0 Å². The van der Waals surface area contributed by atoms with Gasteiger partial charge in [-0.2, -0.15) is 4.39 Å². The van der Waals surface area contributed by atoms with Gasteiger partial charge in [0.1, 0.15) is 0 Å². The van der Waals surface area contributed by atoms with Gasteiger partial charge in [0.15, 0.2) is 0 Å². The maximum atomic E-state index is 12.0. The topological polar surface area (TPSA) is 18.5 Å². The Morgan fingerprint density at radius 3 is 2.11 bits per heavy atom. The fourth-order valence-corrected chi connectivity index (χ4v) is 0.444. The van der Waals surface area contributed by atoms with Crippen molar-refractivity contribution in [1.29, 1.82) is 0 Å². The molecule has 0 amide bonds. The largest absolute Gasteiger partial charge is 0.271 e. The highest BCUT2D eigenvalue weighted by molar-refractivity contribution is 5.01. The van der Waals surface area contributed by atoms with Crippen LogP contribution in [0.25, 0.3) is 0 Å². The van der Waals surface area contributed by atoms with Gasteiger partial charge in [0.2, 0.25) is 0 Å². The molecule has 1 rings (SSSR count). The Kier molecular flexibility index (Phi) is 1.24. The summed E-state index contributed by atoms with van der Waals surface area (Å²) in [5.74, 6) is -1.27. The fraction of sp³-hybridized carbons (Fsp3) is 0.333. The van der Waals surface area contributed by atoms with E-state index >= 15 is 0 Å². The Hall–Kier alpha value is -0.910. The molecule has 52 valence electrons. The van der Waals surface area contributed by atoms with Crippen molar-refractivity contribution in [2.75, 3.05) is 0 Å². The first kappa shape index (κ1) is 6.21. The van der Waals surface area contributed by atoms with Gasteiger partial charge in [-0.15, -0.1) is 0 Å². The highest BCUT2D eigenvalue weighted by Gasteiger charge is 2.28. The maximum Gasteiger partial charge on any atom is 0.259 e. The lowest BCUT2D eigenvalue weighted by Crippen LogP contribution is -2.30. The second-order valence-electron chi connectivity index (χ2n) is 1.55. The smallest absolute Gasteiger partial charge is 0.259 e. The number of hydrogen-bond donors (Lipinski definition) is 1. The first-order valence-electron chi connectivity index (χ1n) is 2.17. The molecule has 0 atom stereocenters. The molecule has 3 nitrogen and oxygen atoms in total. The van der Waals surface area contributed by atoms with E-state index in [2.05, 4.69) is 0 Å². The van der Waals surface area contributed by atoms with Crippen LogP contribution in [0.5, 0.6) is 0 Å². The van der Waals surface area contributed by atoms with Gasteiger partial charge < -0.3 is 0 Å². The Labute approximate surface area is 49.2 Å². The third kappa shape index (κ3) is 0.807. The first-order chi connectivity index (χ1) is 4.13. The summed E-state index contributed by atoms with van der Waals surface area (Å²) in [6, 6.07) is 0. The summed E-state index contributed by atoms with van der Waals surface area (Å²) >= 11 is 0. The number of allylic oxidation sites excluding steroid dienone is 1. The number of hydrazine groups is 2. The Balaban J connectivity index is 2.74. The molecule has 0 radical (unpaired) electrons. The third-order valence-electron chi connectivity index (χ3n) is 0.886. The number of hydrogen-bond acceptors (Lipinski definition) is 3. The normalized spacial score (nSPS) is 21.1. The number of nitrogens with one attached hydrogen (secondary N) is 1. The van der Waals surface area contributed by atoms with Gasteiger partial charge in [-0.1, -0.05) is 14.2 Å². The molecule has 0 fully saturated rings. The predicted octanol–water partition coefficient (Wildman–Crippen LogP) is 0.951.